The van der Waals surface area contributed by atoms with Crippen molar-refractivity contribution in [2.75, 3.05) is 12.4 Å². The van der Waals surface area contributed by atoms with Crippen molar-refractivity contribution in [1.82, 2.24) is 4.98 Å². The number of methoxy groups -OCH3 is 1. The fourth-order valence-electron chi connectivity index (χ4n) is 3.29. The minimum atomic E-state index is -0.264. The van der Waals surface area contributed by atoms with E-state index in [4.69, 9.17) is 21.1 Å². The minimum Gasteiger partial charge on any atom is -0.493 e. The Morgan fingerprint density at radius 1 is 1.06 bits per heavy atom. The van der Waals surface area contributed by atoms with E-state index in [1.54, 1.807) is 13.2 Å². The number of benzene rings is 3. The Kier molecular flexibility index (Phi) is 7.62. The normalized spacial score (nSPS) is 10.9. The molecule has 172 valence electrons. The van der Waals surface area contributed by atoms with E-state index in [2.05, 4.69) is 10.3 Å². The summed E-state index contributed by atoms with van der Waals surface area (Å²) in [6, 6.07) is 22.9. The number of carbonyl (C=O) groups is 1. The van der Waals surface area contributed by atoms with Crippen LogP contribution in [0.5, 0.6) is 11.5 Å². The van der Waals surface area contributed by atoms with Crippen LogP contribution in [0.15, 0.2) is 78.9 Å². The van der Waals surface area contributed by atoms with E-state index in [1.165, 1.54) is 17.4 Å². The molecule has 0 aliphatic rings. The Morgan fingerprint density at radius 2 is 1.82 bits per heavy atom. The smallest absolute Gasteiger partial charge is 0.250 e. The molecule has 0 unspecified atom stereocenters. The number of halogens is 1. The molecule has 4 rings (SSSR count). The first-order chi connectivity index (χ1) is 16.5. The first-order valence-corrected chi connectivity index (χ1v) is 11.8. The third-order valence-electron chi connectivity index (χ3n) is 5.00. The zero-order valence-electron chi connectivity index (χ0n) is 18.7. The maximum absolute atomic E-state index is 12.5. The fourth-order valence-corrected chi connectivity index (χ4v) is 4.25. The summed E-state index contributed by atoms with van der Waals surface area (Å²) in [6.07, 6.45) is 3.19. The van der Waals surface area contributed by atoms with E-state index >= 15 is 0 Å². The molecule has 0 radical (unpaired) electrons. The van der Waals surface area contributed by atoms with Gasteiger partial charge in [-0.05, 0) is 48.4 Å². The lowest BCUT2D eigenvalue weighted by atomic mass is 10.1. The molecule has 5 nitrogen and oxygen atoms in total. The maximum Gasteiger partial charge on any atom is 0.250 e. The molecule has 1 heterocycles. The van der Waals surface area contributed by atoms with Gasteiger partial charge in [-0.3, -0.25) is 10.1 Å². The van der Waals surface area contributed by atoms with Gasteiger partial charge in [0.1, 0.15) is 6.61 Å². The van der Waals surface area contributed by atoms with Crippen molar-refractivity contribution in [2.45, 2.75) is 13.5 Å². The van der Waals surface area contributed by atoms with Crippen LogP contribution in [0, 0.1) is 6.92 Å². The van der Waals surface area contributed by atoms with E-state index in [0.717, 1.165) is 27.3 Å². The molecule has 1 aromatic heterocycles. The molecule has 0 aliphatic carbocycles. The van der Waals surface area contributed by atoms with Crippen LogP contribution in [-0.2, 0) is 11.4 Å². The van der Waals surface area contributed by atoms with Crippen LogP contribution in [0.25, 0.3) is 17.3 Å². The van der Waals surface area contributed by atoms with Gasteiger partial charge in [0.15, 0.2) is 16.6 Å². The summed E-state index contributed by atoms with van der Waals surface area (Å²) in [5.74, 6) is 0.974. The molecule has 7 heteroatoms. The number of hydrogen-bond donors (Lipinski definition) is 1. The van der Waals surface area contributed by atoms with Gasteiger partial charge < -0.3 is 9.47 Å². The molecule has 0 atom stereocenters. The lowest BCUT2D eigenvalue weighted by molar-refractivity contribution is -0.111. The quantitative estimate of drug-likeness (QED) is 0.270. The SMILES string of the molecule is COc1cc(/C=C/C(=O)Nc2nc(-c3ccc(Cl)cc3)c(C)s2)ccc1OCc1ccccc1. The monoisotopic (exact) mass is 490 g/mol. The van der Waals surface area contributed by atoms with E-state index in [1.807, 2.05) is 79.7 Å². The van der Waals surface area contributed by atoms with Crippen LogP contribution >= 0.6 is 22.9 Å². The number of aromatic nitrogens is 1. The standard InChI is InChI=1S/C27H23ClN2O3S/c1-18-26(21-10-12-22(28)13-11-21)30-27(34-18)29-25(31)15-9-19-8-14-23(24(16-19)32-2)33-17-20-6-4-3-5-7-20/h3-16H,17H2,1-2H3,(H,29,30,31)/b15-9+. The van der Waals surface area contributed by atoms with Crippen molar-refractivity contribution < 1.29 is 14.3 Å². The number of hydrogen-bond acceptors (Lipinski definition) is 5. The highest BCUT2D eigenvalue weighted by molar-refractivity contribution is 7.16. The molecule has 1 amide bonds. The predicted molar refractivity (Wildman–Crippen MR) is 139 cm³/mol. The van der Waals surface area contributed by atoms with Crippen LogP contribution in [0.2, 0.25) is 5.02 Å². The number of ether oxygens (including phenoxy) is 2. The third kappa shape index (κ3) is 6.04. The second-order valence-corrected chi connectivity index (χ2v) is 9.08. The molecule has 0 saturated carbocycles. The zero-order chi connectivity index (χ0) is 23.9. The van der Waals surface area contributed by atoms with Gasteiger partial charge in [0.05, 0.1) is 12.8 Å². The van der Waals surface area contributed by atoms with Gasteiger partial charge in [-0.1, -0.05) is 60.1 Å². The van der Waals surface area contributed by atoms with Crippen LogP contribution < -0.4 is 14.8 Å². The highest BCUT2D eigenvalue weighted by atomic mass is 35.5. The molecule has 1 N–H and O–H groups in total. The van der Waals surface area contributed by atoms with Crippen molar-refractivity contribution in [2.24, 2.45) is 0 Å². The number of rotatable bonds is 8. The van der Waals surface area contributed by atoms with Gasteiger partial charge in [0, 0.05) is 21.5 Å². The molecule has 0 aliphatic heterocycles. The van der Waals surface area contributed by atoms with Gasteiger partial charge in [0.25, 0.3) is 0 Å². The fraction of sp³-hybridized carbons (Fsp3) is 0.111. The van der Waals surface area contributed by atoms with Gasteiger partial charge in [0.2, 0.25) is 5.91 Å². The number of nitrogens with zero attached hydrogens (tertiary/aromatic N) is 1. The zero-order valence-corrected chi connectivity index (χ0v) is 20.3. The molecule has 3 aromatic carbocycles. The van der Waals surface area contributed by atoms with Crippen molar-refractivity contribution in [3.63, 3.8) is 0 Å². The molecular formula is C27H23ClN2O3S. The van der Waals surface area contributed by atoms with Gasteiger partial charge in [-0.15, -0.1) is 11.3 Å². The number of amides is 1. The van der Waals surface area contributed by atoms with E-state index in [0.29, 0.717) is 28.3 Å². The average Bonchev–Trinajstić information content (AvgIpc) is 3.22. The van der Waals surface area contributed by atoms with Crippen LogP contribution in [0.4, 0.5) is 5.13 Å². The number of thiazole rings is 1. The summed E-state index contributed by atoms with van der Waals surface area (Å²) in [7, 11) is 1.59. The van der Waals surface area contributed by atoms with Crippen LogP contribution in [0.3, 0.4) is 0 Å². The summed E-state index contributed by atoms with van der Waals surface area (Å²) in [4.78, 5) is 18.0. The van der Waals surface area contributed by atoms with Crippen molar-refractivity contribution in [3.05, 3.63) is 99.9 Å². The third-order valence-corrected chi connectivity index (χ3v) is 6.13. The highest BCUT2D eigenvalue weighted by Crippen LogP contribution is 2.31. The summed E-state index contributed by atoms with van der Waals surface area (Å²) >= 11 is 7.40. The minimum absolute atomic E-state index is 0.264. The highest BCUT2D eigenvalue weighted by Gasteiger charge is 2.11. The second kappa shape index (κ2) is 11.0. The summed E-state index contributed by atoms with van der Waals surface area (Å²) in [5.41, 5.74) is 3.67. The largest absolute Gasteiger partial charge is 0.493 e. The van der Waals surface area contributed by atoms with Gasteiger partial charge in [-0.25, -0.2) is 4.98 Å². The summed E-state index contributed by atoms with van der Waals surface area (Å²) < 4.78 is 11.4. The van der Waals surface area contributed by atoms with E-state index in [9.17, 15) is 4.79 Å². The Labute approximate surface area is 207 Å². The van der Waals surface area contributed by atoms with Gasteiger partial charge >= 0.3 is 0 Å². The molecule has 4 aromatic rings. The van der Waals surface area contributed by atoms with Gasteiger partial charge in [-0.2, -0.15) is 0 Å². The molecule has 0 spiro atoms. The Balaban J connectivity index is 1.40. The first-order valence-electron chi connectivity index (χ1n) is 10.6. The van der Waals surface area contributed by atoms with Crippen molar-refractivity contribution in [1.29, 1.82) is 0 Å². The number of aryl methyl sites for hydroxylation is 1. The summed E-state index contributed by atoms with van der Waals surface area (Å²) in [6.45, 7) is 2.42. The predicted octanol–water partition coefficient (Wildman–Crippen LogP) is 7.01. The first kappa shape index (κ1) is 23.5. The number of carbonyl (C=O) groups excluding carboxylic acids is 1. The Bertz CT molecular complexity index is 1300. The molecule has 0 bridgehead atoms. The molecular weight excluding hydrogens is 468 g/mol. The molecule has 0 fully saturated rings. The Morgan fingerprint density at radius 3 is 2.56 bits per heavy atom. The Hall–Kier alpha value is -3.61. The van der Waals surface area contributed by atoms with Crippen molar-refractivity contribution >= 4 is 40.1 Å². The molecule has 0 saturated heterocycles. The number of nitrogens with one attached hydrogen (secondary N) is 1. The average molecular weight is 491 g/mol. The van der Waals surface area contributed by atoms with Crippen LogP contribution in [-0.4, -0.2) is 18.0 Å². The van der Waals surface area contributed by atoms with E-state index < -0.39 is 0 Å². The summed E-state index contributed by atoms with van der Waals surface area (Å²) in [5, 5.41) is 4.04. The lowest BCUT2D eigenvalue weighted by Gasteiger charge is -2.11. The lowest BCUT2D eigenvalue weighted by Crippen LogP contribution is -2.07. The topological polar surface area (TPSA) is 60.5 Å². The van der Waals surface area contributed by atoms with E-state index in [-0.39, 0.29) is 5.91 Å². The maximum atomic E-state index is 12.5. The second-order valence-electron chi connectivity index (χ2n) is 7.44. The molecule has 34 heavy (non-hydrogen) atoms. The van der Waals surface area contributed by atoms with Crippen molar-refractivity contribution in [3.8, 4) is 22.8 Å². The number of anilines is 1. The van der Waals surface area contributed by atoms with Crippen LogP contribution in [0.1, 0.15) is 16.0 Å².